The molecule has 5 aromatic rings. The Morgan fingerprint density at radius 2 is 1.74 bits per heavy atom. The van der Waals surface area contributed by atoms with E-state index in [4.69, 9.17) is 14.2 Å². The zero-order valence-corrected chi connectivity index (χ0v) is 25.1. The summed E-state index contributed by atoms with van der Waals surface area (Å²) in [7, 11) is 3.83. The van der Waals surface area contributed by atoms with Crippen molar-refractivity contribution in [3.8, 4) is 34.0 Å². The fraction of sp³-hybridized carbons (Fsp3) is 0.294. The highest BCUT2D eigenvalue weighted by molar-refractivity contribution is 5.80. The van der Waals surface area contributed by atoms with Gasteiger partial charge in [-0.25, -0.2) is 14.3 Å². The van der Waals surface area contributed by atoms with Gasteiger partial charge in [0.2, 0.25) is 5.95 Å². The lowest BCUT2D eigenvalue weighted by Crippen LogP contribution is -2.31. The maximum Gasteiger partial charge on any atom is 0.439 e. The maximum absolute atomic E-state index is 14.3. The molecule has 0 unspecified atom stereocenters. The van der Waals surface area contributed by atoms with Crippen molar-refractivity contribution in [2.45, 2.75) is 52.1 Å². The van der Waals surface area contributed by atoms with Gasteiger partial charge in [0.25, 0.3) is 5.56 Å². The molecule has 6 rings (SSSR count). The average molecular weight is 578 g/mol. The van der Waals surface area contributed by atoms with Crippen LogP contribution in [0.1, 0.15) is 49.6 Å². The van der Waals surface area contributed by atoms with Gasteiger partial charge in [-0.2, -0.15) is 0 Å². The molecule has 3 heterocycles. The van der Waals surface area contributed by atoms with Gasteiger partial charge in [0.1, 0.15) is 11.4 Å². The molecule has 1 aliphatic heterocycles. The van der Waals surface area contributed by atoms with E-state index in [0.717, 1.165) is 57.8 Å². The fourth-order valence-corrected chi connectivity index (χ4v) is 5.77. The van der Waals surface area contributed by atoms with Gasteiger partial charge >= 0.3 is 5.76 Å². The van der Waals surface area contributed by atoms with E-state index in [2.05, 4.69) is 37.0 Å². The van der Waals surface area contributed by atoms with Crippen molar-refractivity contribution < 1.29 is 9.26 Å². The molecule has 0 spiro atoms. The number of ether oxygens (including phenoxy) is 1. The number of H-pyrrole nitrogens is 1. The fourth-order valence-electron chi connectivity index (χ4n) is 5.77. The number of rotatable bonds is 8. The number of benzene rings is 3. The smallest absolute Gasteiger partial charge is 0.439 e. The molecule has 0 radical (unpaired) electrons. The van der Waals surface area contributed by atoms with Crippen LogP contribution < -0.4 is 21.0 Å². The van der Waals surface area contributed by atoms with E-state index >= 15 is 0 Å². The SMILES string of the molecule is CCCc1nc(N(C)C)n(-c2ccc3c(c2)CC(C)(C)O3)c(=O)c1Cc1ccc(-c2ccccc2-c2noc(=O)[nH]2)cc1. The third-order valence-corrected chi connectivity index (χ3v) is 7.70. The average Bonchev–Trinajstić information content (AvgIpc) is 3.55. The monoisotopic (exact) mass is 577 g/mol. The highest BCUT2D eigenvalue weighted by atomic mass is 16.5. The van der Waals surface area contributed by atoms with Gasteiger partial charge in [-0.3, -0.25) is 14.3 Å². The van der Waals surface area contributed by atoms with Crippen LogP contribution in [0.15, 0.2) is 80.8 Å². The van der Waals surface area contributed by atoms with Crippen LogP contribution in [0.4, 0.5) is 5.95 Å². The van der Waals surface area contributed by atoms with Crippen LogP contribution in [0.2, 0.25) is 0 Å². The van der Waals surface area contributed by atoms with Crippen molar-refractivity contribution in [3.63, 3.8) is 0 Å². The largest absolute Gasteiger partial charge is 0.487 e. The normalized spacial score (nSPS) is 13.5. The number of fused-ring (bicyclic) bond motifs is 1. The summed E-state index contributed by atoms with van der Waals surface area (Å²) in [6.45, 7) is 6.24. The number of nitrogens with zero attached hydrogens (tertiary/aromatic N) is 4. The van der Waals surface area contributed by atoms with E-state index in [0.29, 0.717) is 30.2 Å². The van der Waals surface area contributed by atoms with Crippen LogP contribution in [0.3, 0.4) is 0 Å². The number of anilines is 1. The third-order valence-electron chi connectivity index (χ3n) is 7.70. The second-order valence-corrected chi connectivity index (χ2v) is 11.8. The Hall–Kier alpha value is -4.92. The van der Waals surface area contributed by atoms with Gasteiger partial charge in [-0.15, -0.1) is 0 Å². The first-order valence-corrected chi connectivity index (χ1v) is 14.5. The Morgan fingerprint density at radius 1 is 1.00 bits per heavy atom. The van der Waals surface area contributed by atoms with Crippen LogP contribution in [0.25, 0.3) is 28.2 Å². The summed E-state index contributed by atoms with van der Waals surface area (Å²) in [5.41, 5.74) is 6.68. The van der Waals surface area contributed by atoms with Gasteiger partial charge in [-0.1, -0.05) is 67.0 Å². The number of nitrogens with one attached hydrogen (secondary N) is 1. The lowest BCUT2D eigenvalue weighted by atomic mass is 9.96. The Bertz CT molecular complexity index is 1910. The predicted octanol–water partition coefficient (Wildman–Crippen LogP) is 5.57. The van der Waals surface area contributed by atoms with Crippen LogP contribution in [-0.2, 0) is 19.3 Å². The molecule has 9 nitrogen and oxygen atoms in total. The summed E-state index contributed by atoms with van der Waals surface area (Å²) in [6.07, 6.45) is 2.81. The second-order valence-electron chi connectivity index (χ2n) is 11.8. The lowest BCUT2D eigenvalue weighted by molar-refractivity contribution is 0.138. The van der Waals surface area contributed by atoms with E-state index in [1.807, 2.05) is 79.7 Å². The summed E-state index contributed by atoms with van der Waals surface area (Å²) >= 11 is 0. The van der Waals surface area contributed by atoms with Crippen LogP contribution in [-0.4, -0.2) is 39.4 Å². The van der Waals surface area contributed by atoms with Crippen molar-refractivity contribution >= 4 is 5.95 Å². The second kappa shape index (κ2) is 11.1. The van der Waals surface area contributed by atoms with Crippen LogP contribution in [0.5, 0.6) is 5.75 Å². The number of hydrogen-bond acceptors (Lipinski definition) is 7. The van der Waals surface area contributed by atoms with Gasteiger partial charge in [0.15, 0.2) is 5.82 Å². The van der Waals surface area contributed by atoms with Crippen molar-refractivity contribution in [3.05, 3.63) is 110 Å². The minimum absolute atomic E-state index is 0.0651. The summed E-state index contributed by atoms with van der Waals surface area (Å²) < 4.78 is 12.5. The van der Waals surface area contributed by atoms with E-state index < -0.39 is 5.76 Å². The molecule has 220 valence electrons. The maximum atomic E-state index is 14.3. The molecular weight excluding hydrogens is 542 g/mol. The van der Waals surface area contributed by atoms with E-state index in [1.165, 1.54) is 0 Å². The molecule has 0 fully saturated rings. The molecule has 43 heavy (non-hydrogen) atoms. The van der Waals surface area contributed by atoms with E-state index in [-0.39, 0.29) is 11.2 Å². The summed E-state index contributed by atoms with van der Waals surface area (Å²) in [6, 6.07) is 21.7. The molecule has 0 amide bonds. The first kappa shape index (κ1) is 28.2. The zero-order valence-electron chi connectivity index (χ0n) is 25.1. The Labute approximate surface area is 249 Å². The Kier molecular flexibility index (Phi) is 7.25. The molecule has 9 heteroatoms. The minimum Gasteiger partial charge on any atom is -0.487 e. The van der Waals surface area contributed by atoms with Crippen molar-refractivity contribution in [2.24, 2.45) is 0 Å². The summed E-state index contributed by atoms with van der Waals surface area (Å²) in [5, 5.41) is 3.86. The highest BCUT2D eigenvalue weighted by Crippen LogP contribution is 2.36. The van der Waals surface area contributed by atoms with E-state index in [1.54, 1.807) is 4.57 Å². The van der Waals surface area contributed by atoms with Gasteiger partial charge < -0.3 is 9.64 Å². The molecule has 1 aliphatic rings. The topological polar surface area (TPSA) is 106 Å². The number of aryl methyl sites for hydroxylation is 1. The standard InChI is InChI=1S/C34H35N5O4/c1-6-9-28-27(18-21-12-14-22(15-13-21)25-10-7-8-11-26(25)30-36-33(41)43-37-30)31(40)39(32(35-28)38(4)5)24-16-17-29-23(19-24)20-34(2,3)42-29/h7-8,10-17,19H,6,9,18,20H2,1-5H3,(H,36,37,41). The summed E-state index contributed by atoms with van der Waals surface area (Å²) in [4.78, 5) is 35.5. The lowest BCUT2D eigenvalue weighted by Gasteiger charge is -2.22. The van der Waals surface area contributed by atoms with Crippen LogP contribution in [0, 0.1) is 0 Å². The predicted molar refractivity (Wildman–Crippen MR) is 167 cm³/mol. The van der Waals surface area contributed by atoms with Gasteiger partial charge in [-0.05, 0) is 55.2 Å². The van der Waals surface area contributed by atoms with Crippen molar-refractivity contribution in [2.75, 3.05) is 19.0 Å². The third kappa shape index (κ3) is 5.50. The molecule has 3 aromatic carbocycles. The van der Waals surface area contributed by atoms with E-state index in [9.17, 15) is 9.59 Å². The first-order valence-electron chi connectivity index (χ1n) is 14.5. The number of hydrogen-bond donors (Lipinski definition) is 1. The molecule has 0 atom stereocenters. The molecule has 1 N–H and O–H groups in total. The zero-order chi connectivity index (χ0) is 30.3. The minimum atomic E-state index is -0.598. The van der Waals surface area contributed by atoms with Gasteiger partial charge in [0, 0.05) is 43.6 Å². The molecular formula is C34H35N5O4. The summed E-state index contributed by atoms with van der Waals surface area (Å²) in [5.74, 6) is 1.25. The first-order chi connectivity index (χ1) is 20.6. The van der Waals surface area contributed by atoms with Gasteiger partial charge in [0.05, 0.1) is 11.4 Å². The number of aromatic nitrogens is 4. The van der Waals surface area contributed by atoms with Crippen LogP contribution >= 0.6 is 0 Å². The number of aromatic amines is 1. The van der Waals surface area contributed by atoms with Crippen molar-refractivity contribution in [1.29, 1.82) is 0 Å². The molecule has 2 aromatic heterocycles. The highest BCUT2D eigenvalue weighted by Gasteiger charge is 2.30. The Balaban J connectivity index is 1.39. The molecule has 0 saturated carbocycles. The quantitative estimate of drug-likeness (QED) is 0.257. The van der Waals surface area contributed by atoms with Crippen molar-refractivity contribution in [1.82, 2.24) is 19.7 Å². The molecule has 0 bridgehead atoms. The molecule has 0 aliphatic carbocycles. The Morgan fingerprint density at radius 3 is 2.42 bits per heavy atom. The molecule has 0 saturated heterocycles.